The summed E-state index contributed by atoms with van der Waals surface area (Å²) in [5.41, 5.74) is 3.44. The number of hydrogen-bond acceptors (Lipinski definition) is 11. The number of carbonyl (C=O) groups excluding carboxylic acids is 3. The van der Waals surface area contributed by atoms with Crippen LogP contribution in [0, 0.1) is 41.4 Å². The Kier molecular flexibility index (Phi) is 16.6. The Bertz CT molecular complexity index is 2010. The molecule has 1 aromatic heterocycles. The predicted octanol–water partition coefficient (Wildman–Crippen LogP) is 8.13. The van der Waals surface area contributed by atoms with Gasteiger partial charge in [-0.25, -0.2) is 23.6 Å². The molecule has 0 fully saturated rings. The molecule has 0 bridgehead atoms. The van der Waals surface area contributed by atoms with Gasteiger partial charge in [-0.15, -0.1) is 0 Å². The summed E-state index contributed by atoms with van der Waals surface area (Å²) in [6.07, 6.45) is 6.73. The van der Waals surface area contributed by atoms with Gasteiger partial charge in [0.2, 0.25) is 5.91 Å². The number of halogens is 3. The van der Waals surface area contributed by atoms with Crippen molar-refractivity contribution in [1.82, 2.24) is 15.8 Å². The molecule has 0 saturated carbocycles. The first-order valence-corrected chi connectivity index (χ1v) is 18.9. The maximum atomic E-state index is 14.6. The van der Waals surface area contributed by atoms with Gasteiger partial charge in [0.15, 0.2) is 16.8 Å². The van der Waals surface area contributed by atoms with Gasteiger partial charge in [-0.2, -0.15) is 0 Å². The average molecular weight is 799 g/mol. The lowest BCUT2D eigenvalue weighted by Gasteiger charge is -2.14. The van der Waals surface area contributed by atoms with Crippen molar-refractivity contribution in [2.45, 2.75) is 65.7 Å². The van der Waals surface area contributed by atoms with E-state index >= 15 is 0 Å². The standard InChI is InChI=1S/C38H45F3N8O6S/c1-23-11-16-31(30(40)21-23)46-34-28(14-15-29(39)33(34)41)36(52)48-55-20-10-18-42-17-8-6-4-5-7-9-19-43-26-12-13-27(32(22-26)45-25(3)50)35(51)47-38-44-24(2)37(56-38)49(53)54/h11-16,21-22,42-43,46H,4-10,17-20H2,1-3H3,(H,45,50)(H,48,52)(H,44,47,51). The van der Waals surface area contributed by atoms with E-state index in [1.807, 2.05) is 0 Å². The lowest BCUT2D eigenvalue weighted by Crippen LogP contribution is -2.27. The van der Waals surface area contributed by atoms with Gasteiger partial charge in [0, 0.05) is 19.2 Å². The Morgan fingerprint density at radius 2 is 1.50 bits per heavy atom. The lowest BCUT2D eigenvalue weighted by molar-refractivity contribution is -0.380. The minimum absolute atomic E-state index is 0.0898. The highest BCUT2D eigenvalue weighted by atomic mass is 32.1. The SMILES string of the molecule is CC(=O)Nc1cc(NCCCCCCCCNCCCONC(=O)c2ccc(F)c(F)c2Nc2ccc(C)cc2F)ccc1C(=O)Nc1nc(C)c([N+](=O)[O-])s1. The summed E-state index contributed by atoms with van der Waals surface area (Å²) < 4.78 is 42.9. The van der Waals surface area contributed by atoms with Gasteiger partial charge in [-0.3, -0.25) is 34.7 Å². The fraction of sp³-hybridized carbons (Fsp3) is 0.368. The van der Waals surface area contributed by atoms with Crippen LogP contribution in [0.25, 0.3) is 0 Å². The normalized spacial score (nSPS) is 10.9. The summed E-state index contributed by atoms with van der Waals surface area (Å²) in [5.74, 6) is -4.90. The number of aromatic nitrogens is 1. The summed E-state index contributed by atoms with van der Waals surface area (Å²) in [6.45, 7) is 6.86. The molecular weight excluding hydrogens is 754 g/mol. The number of nitrogens with zero attached hydrogens (tertiary/aromatic N) is 2. The quantitative estimate of drug-likeness (QED) is 0.0257. The summed E-state index contributed by atoms with van der Waals surface area (Å²) in [4.78, 5) is 57.3. The minimum atomic E-state index is -1.31. The molecule has 4 rings (SSSR count). The fourth-order valence-corrected chi connectivity index (χ4v) is 6.30. The first-order chi connectivity index (χ1) is 26.8. The molecule has 0 unspecified atom stereocenters. The van der Waals surface area contributed by atoms with E-state index in [1.165, 1.54) is 26.0 Å². The van der Waals surface area contributed by atoms with Crippen molar-refractivity contribution in [2.75, 3.05) is 47.5 Å². The largest absolute Gasteiger partial charge is 0.385 e. The number of rotatable bonds is 22. The molecule has 0 aliphatic heterocycles. The van der Waals surface area contributed by atoms with Crippen molar-refractivity contribution >= 4 is 61.9 Å². The van der Waals surface area contributed by atoms with Crippen LogP contribution in [0.3, 0.4) is 0 Å². The van der Waals surface area contributed by atoms with Crippen molar-refractivity contribution in [1.29, 1.82) is 0 Å². The van der Waals surface area contributed by atoms with E-state index in [0.717, 1.165) is 74.2 Å². The average Bonchev–Trinajstić information content (AvgIpc) is 3.52. The molecule has 6 N–H and O–H groups in total. The highest BCUT2D eigenvalue weighted by Gasteiger charge is 2.22. The molecular formula is C38H45F3N8O6S. The Morgan fingerprint density at radius 3 is 2.20 bits per heavy atom. The number of aryl methyl sites for hydroxylation is 2. The van der Waals surface area contributed by atoms with Gasteiger partial charge in [0.05, 0.1) is 39.7 Å². The summed E-state index contributed by atoms with van der Waals surface area (Å²) in [6, 6.07) is 11.1. The Morgan fingerprint density at radius 1 is 0.804 bits per heavy atom. The Balaban J connectivity index is 1.06. The molecule has 0 aliphatic rings. The van der Waals surface area contributed by atoms with Crippen molar-refractivity contribution in [3.8, 4) is 0 Å². The Labute approximate surface area is 326 Å². The molecule has 56 heavy (non-hydrogen) atoms. The molecule has 0 atom stereocenters. The molecule has 300 valence electrons. The van der Waals surface area contributed by atoms with Gasteiger partial charge in [-0.1, -0.05) is 31.7 Å². The number of hydroxylamine groups is 1. The van der Waals surface area contributed by atoms with E-state index in [0.29, 0.717) is 30.8 Å². The molecule has 0 saturated heterocycles. The second kappa shape index (κ2) is 21.5. The second-order valence-corrected chi connectivity index (χ2v) is 13.9. The van der Waals surface area contributed by atoms with Crippen LogP contribution in [0.1, 0.15) is 83.8 Å². The van der Waals surface area contributed by atoms with Gasteiger partial charge >= 0.3 is 5.00 Å². The zero-order chi connectivity index (χ0) is 40.6. The van der Waals surface area contributed by atoms with E-state index < -0.39 is 39.9 Å². The van der Waals surface area contributed by atoms with Crippen LogP contribution in [0.5, 0.6) is 0 Å². The number of nitro groups is 1. The third kappa shape index (κ3) is 13.0. The molecule has 0 spiro atoms. The smallest absolute Gasteiger partial charge is 0.348 e. The summed E-state index contributed by atoms with van der Waals surface area (Å²) in [5, 5.41) is 25.4. The highest BCUT2D eigenvalue weighted by Crippen LogP contribution is 2.31. The summed E-state index contributed by atoms with van der Waals surface area (Å²) in [7, 11) is 0. The number of anilines is 5. The van der Waals surface area contributed by atoms with Crippen LogP contribution >= 0.6 is 11.3 Å². The number of amides is 3. The van der Waals surface area contributed by atoms with Gasteiger partial charge in [0.25, 0.3) is 11.8 Å². The molecule has 3 aromatic carbocycles. The van der Waals surface area contributed by atoms with E-state index in [9.17, 15) is 37.7 Å². The topological polar surface area (TPSA) is 189 Å². The van der Waals surface area contributed by atoms with Crippen LogP contribution < -0.4 is 32.1 Å². The van der Waals surface area contributed by atoms with Crippen molar-refractivity contribution in [3.05, 3.63) is 98.5 Å². The van der Waals surface area contributed by atoms with E-state index in [-0.39, 0.29) is 45.2 Å². The van der Waals surface area contributed by atoms with Crippen LogP contribution in [-0.4, -0.2) is 53.9 Å². The fourth-order valence-electron chi connectivity index (χ4n) is 5.52. The van der Waals surface area contributed by atoms with Gasteiger partial charge in [0.1, 0.15) is 11.5 Å². The number of benzene rings is 3. The zero-order valence-corrected chi connectivity index (χ0v) is 32.1. The van der Waals surface area contributed by atoms with E-state index in [4.69, 9.17) is 4.84 Å². The number of nitrogens with one attached hydrogen (secondary N) is 6. The number of carbonyl (C=O) groups is 3. The van der Waals surface area contributed by atoms with E-state index in [2.05, 4.69) is 37.0 Å². The highest BCUT2D eigenvalue weighted by molar-refractivity contribution is 7.19. The van der Waals surface area contributed by atoms with Crippen LogP contribution in [-0.2, 0) is 9.63 Å². The number of hydrogen-bond donors (Lipinski definition) is 6. The zero-order valence-electron chi connectivity index (χ0n) is 31.3. The summed E-state index contributed by atoms with van der Waals surface area (Å²) >= 11 is 0.759. The van der Waals surface area contributed by atoms with Gasteiger partial charge in [-0.05, 0) is 106 Å². The van der Waals surface area contributed by atoms with Crippen LogP contribution in [0.2, 0.25) is 0 Å². The molecule has 18 heteroatoms. The monoisotopic (exact) mass is 798 g/mol. The van der Waals surface area contributed by atoms with Gasteiger partial charge < -0.3 is 21.3 Å². The van der Waals surface area contributed by atoms with Crippen LogP contribution in [0.15, 0.2) is 48.5 Å². The molecule has 0 radical (unpaired) electrons. The molecule has 14 nitrogen and oxygen atoms in total. The number of unbranched alkanes of at least 4 members (excludes halogenated alkanes) is 5. The third-order valence-electron chi connectivity index (χ3n) is 8.33. The predicted molar refractivity (Wildman–Crippen MR) is 210 cm³/mol. The van der Waals surface area contributed by atoms with Crippen molar-refractivity contribution in [2.24, 2.45) is 0 Å². The first kappa shape index (κ1) is 43.1. The van der Waals surface area contributed by atoms with Crippen molar-refractivity contribution in [3.63, 3.8) is 0 Å². The maximum absolute atomic E-state index is 14.6. The molecule has 3 amide bonds. The first-order valence-electron chi connectivity index (χ1n) is 18.1. The molecule has 0 aliphatic carbocycles. The second-order valence-electron chi connectivity index (χ2n) is 12.9. The number of thiazole rings is 1. The molecule has 1 heterocycles. The Hall–Kier alpha value is -5.59. The molecule has 4 aromatic rings. The van der Waals surface area contributed by atoms with Crippen LogP contribution in [0.4, 0.5) is 46.1 Å². The lowest BCUT2D eigenvalue weighted by atomic mass is 10.1. The third-order valence-corrected chi connectivity index (χ3v) is 9.36. The van der Waals surface area contributed by atoms with E-state index in [1.54, 1.807) is 31.2 Å². The minimum Gasteiger partial charge on any atom is -0.385 e. The maximum Gasteiger partial charge on any atom is 0.348 e. The van der Waals surface area contributed by atoms with Crippen molar-refractivity contribution < 1.29 is 37.3 Å².